The summed E-state index contributed by atoms with van der Waals surface area (Å²) in [4.78, 5) is 13.9. The van der Waals surface area contributed by atoms with Crippen molar-refractivity contribution in [3.05, 3.63) is 29.8 Å². The van der Waals surface area contributed by atoms with Crippen molar-refractivity contribution in [1.29, 1.82) is 0 Å². The van der Waals surface area contributed by atoms with Crippen molar-refractivity contribution in [2.45, 2.75) is 49.0 Å². The first-order valence-corrected chi connectivity index (χ1v) is 10.4. The number of likely N-dealkylation sites (tertiary alicyclic amines) is 1. The third kappa shape index (κ3) is 4.17. The lowest BCUT2D eigenvalue weighted by molar-refractivity contribution is -0.146. The molecule has 1 aromatic rings. The average Bonchev–Trinajstić information content (AvgIpc) is 3.17. The van der Waals surface area contributed by atoms with Crippen LogP contribution in [0.5, 0.6) is 0 Å². The van der Waals surface area contributed by atoms with Crippen LogP contribution in [0.4, 0.5) is 0 Å². The Bertz CT molecular complexity index is 782. The maximum absolute atomic E-state index is 13.1. The number of carbonyl (C=O) groups is 1. The molecular formula is C18H26N2O6S. The van der Waals surface area contributed by atoms with Crippen LogP contribution in [-0.4, -0.2) is 84.8 Å². The molecule has 1 aromatic carbocycles. The summed E-state index contributed by atoms with van der Waals surface area (Å²) in [5.74, 6) is -0.446. The molecule has 0 aliphatic carbocycles. The van der Waals surface area contributed by atoms with E-state index in [1.807, 2.05) is 6.92 Å². The predicted molar refractivity (Wildman–Crippen MR) is 97.5 cm³/mol. The number of esters is 1. The number of ether oxygens (including phenoxy) is 1. The van der Waals surface area contributed by atoms with Crippen LogP contribution in [0.1, 0.15) is 18.4 Å². The molecule has 3 rings (SSSR count). The third-order valence-corrected chi connectivity index (χ3v) is 7.20. The number of nitrogens with zero attached hydrogens (tertiary/aromatic N) is 2. The maximum Gasteiger partial charge on any atom is 0.323 e. The number of β-amino-alcohol motifs (C(OH)–C–C–N with tert-alkyl or cyclic N) is 2. The smallest absolute Gasteiger partial charge is 0.323 e. The molecule has 150 valence electrons. The fourth-order valence-corrected chi connectivity index (χ4v) is 5.57. The monoisotopic (exact) mass is 398 g/mol. The highest BCUT2D eigenvalue weighted by Gasteiger charge is 2.44. The van der Waals surface area contributed by atoms with Gasteiger partial charge < -0.3 is 14.9 Å². The predicted octanol–water partition coefficient (Wildman–Crippen LogP) is -0.273. The van der Waals surface area contributed by atoms with Crippen molar-refractivity contribution in [1.82, 2.24) is 9.21 Å². The lowest BCUT2D eigenvalue weighted by Crippen LogP contribution is -2.47. The molecule has 0 aromatic heterocycles. The van der Waals surface area contributed by atoms with Crippen LogP contribution >= 0.6 is 0 Å². The summed E-state index contributed by atoms with van der Waals surface area (Å²) in [5, 5.41) is 20.0. The molecule has 0 radical (unpaired) electrons. The van der Waals surface area contributed by atoms with Crippen LogP contribution in [0.2, 0.25) is 0 Å². The Morgan fingerprint density at radius 1 is 1.15 bits per heavy atom. The van der Waals surface area contributed by atoms with E-state index in [4.69, 9.17) is 4.74 Å². The number of aryl methyl sites for hydroxylation is 1. The minimum atomic E-state index is -3.77. The average molecular weight is 398 g/mol. The lowest BCUT2D eigenvalue weighted by atomic mass is 10.1. The Morgan fingerprint density at radius 2 is 1.78 bits per heavy atom. The molecule has 2 aliphatic heterocycles. The number of hydrogen-bond acceptors (Lipinski definition) is 7. The molecule has 2 N–H and O–H groups in total. The summed E-state index contributed by atoms with van der Waals surface area (Å²) >= 11 is 0. The highest BCUT2D eigenvalue weighted by atomic mass is 32.2. The van der Waals surface area contributed by atoms with Crippen molar-refractivity contribution in [2.24, 2.45) is 0 Å². The van der Waals surface area contributed by atoms with Crippen molar-refractivity contribution < 1.29 is 28.2 Å². The molecule has 2 fully saturated rings. The SMILES string of the molecule is COC(=O)[C@@H]1C[C@@H](O)CN1C[C@@H]1C[C@@H](O)CN1S(=O)(=O)c1ccc(C)cc1. The first kappa shape index (κ1) is 20.2. The number of hydrogen-bond donors (Lipinski definition) is 2. The number of aliphatic hydroxyl groups is 2. The molecule has 0 bridgehead atoms. The molecule has 27 heavy (non-hydrogen) atoms. The van der Waals surface area contributed by atoms with Crippen LogP contribution in [0.25, 0.3) is 0 Å². The van der Waals surface area contributed by atoms with E-state index in [1.165, 1.54) is 11.4 Å². The van der Waals surface area contributed by atoms with E-state index in [1.54, 1.807) is 29.2 Å². The third-order valence-electron chi connectivity index (χ3n) is 5.27. The molecule has 8 nitrogen and oxygen atoms in total. The summed E-state index contributed by atoms with van der Waals surface area (Å²) < 4.78 is 32.2. The molecule has 0 spiro atoms. The Morgan fingerprint density at radius 3 is 2.41 bits per heavy atom. The van der Waals surface area contributed by atoms with Crippen molar-refractivity contribution in [3.63, 3.8) is 0 Å². The van der Waals surface area contributed by atoms with E-state index in [0.717, 1.165) is 5.56 Å². The van der Waals surface area contributed by atoms with Crippen molar-refractivity contribution >= 4 is 16.0 Å². The van der Waals surface area contributed by atoms with Gasteiger partial charge in [0.25, 0.3) is 0 Å². The van der Waals surface area contributed by atoms with Gasteiger partial charge in [0.1, 0.15) is 6.04 Å². The van der Waals surface area contributed by atoms with Crippen LogP contribution in [0.15, 0.2) is 29.2 Å². The van der Waals surface area contributed by atoms with E-state index in [2.05, 4.69) is 0 Å². The molecule has 2 saturated heterocycles. The summed E-state index contributed by atoms with van der Waals surface area (Å²) in [6, 6.07) is 5.50. The Labute approximate surface area is 159 Å². The number of benzene rings is 1. The van der Waals surface area contributed by atoms with Gasteiger partial charge in [-0.05, 0) is 25.5 Å². The number of methoxy groups -OCH3 is 1. The van der Waals surface area contributed by atoms with Gasteiger partial charge in [0.05, 0.1) is 24.2 Å². The Hall–Kier alpha value is -1.52. The number of carbonyl (C=O) groups excluding carboxylic acids is 1. The Balaban J connectivity index is 1.82. The first-order chi connectivity index (χ1) is 12.7. The minimum absolute atomic E-state index is 0.0140. The summed E-state index contributed by atoms with van der Waals surface area (Å²) in [5.41, 5.74) is 0.957. The zero-order valence-corrected chi connectivity index (χ0v) is 16.3. The van der Waals surface area contributed by atoms with Crippen LogP contribution in [0, 0.1) is 6.92 Å². The van der Waals surface area contributed by atoms with E-state index < -0.39 is 40.3 Å². The zero-order chi connectivity index (χ0) is 19.8. The number of rotatable bonds is 5. The number of aliphatic hydroxyl groups excluding tert-OH is 2. The topological polar surface area (TPSA) is 107 Å². The van der Waals surface area contributed by atoms with Gasteiger partial charge in [-0.1, -0.05) is 17.7 Å². The second-order valence-corrected chi connectivity index (χ2v) is 9.20. The molecular weight excluding hydrogens is 372 g/mol. The molecule has 2 heterocycles. The van der Waals surface area contributed by atoms with Gasteiger partial charge in [-0.15, -0.1) is 0 Å². The van der Waals surface area contributed by atoms with E-state index in [9.17, 15) is 23.4 Å². The Kier molecular flexibility index (Phi) is 5.87. The van der Waals surface area contributed by atoms with Gasteiger partial charge in [0, 0.05) is 32.1 Å². The largest absolute Gasteiger partial charge is 0.468 e. The molecule has 4 atom stereocenters. The zero-order valence-electron chi connectivity index (χ0n) is 15.5. The second-order valence-electron chi connectivity index (χ2n) is 7.31. The molecule has 0 unspecified atom stereocenters. The van der Waals surface area contributed by atoms with Gasteiger partial charge in [-0.25, -0.2) is 8.42 Å². The van der Waals surface area contributed by atoms with E-state index in [0.29, 0.717) is 0 Å². The maximum atomic E-state index is 13.1. The van der Waals surface area contributed by atoms with E-state index in [-0.39, 0.29) is 37.4 Å². The summed E-state index contributed by atoms with van der Waals surface area (Å²) in [6.07, 6.45) is -0.889. The highest BCUT2D eigenvalue weighted by molar-refractivity contribution is 7.89. The fraction of sp³-hybridized carbons (Fsp3) is 0.611. The first-order valence-electron chi connectivity index (χ1n) is 8.99. The molecule has 2 aliphatic rings. The summed E-state index contributed by atoms with van der Waals surface area (Å²) in [7, 11) is -2.48. The van der Waals surface area contributed by atoms with Gasteiger partial charge >= 0.3 is 5.97 Å². The molecule has 0 saturated carbocycles. The van der Waals surface area contributed by atoms with Gasteiger partial charge in [-0.3, -0.25) is 9.69 Å². The van der Waals surface area contributed by atoms with Gasteiger partial charge in [0.15, 0.2) is 0 Å². The molecule has 9 heteroatoms. The fourth-order valence-electron chi connectivity index (χ4n) is 3.90. The van der Waals surface area contributed by atoms with Crippen LogP contribution in [-0.2, 0) is 19.6 Å². The standard InChI is InChI=1S/C18H26N2O6S/c1-12-3-5-16(6-4-12)27(24,25)20-11-14(21)7-13(20)9-19-10-15(22)8-17(19)18(23)26-2/h3-6,13-15,17,21-22H,7-11H2,1-2H3/t13-,14+,15+,17-/m0/s1. The highest BCUT2D eigenvalue weighted by Crippen LogP contribution is 2.29. The lowest BCUT2D eigenvalue weighted by Gasteiger charge is -2.30. The van der Waals surface area contributed by atoms with Crippen molar-refractivity contribution in [2.75, 3.05) is 26.7 Å². The molecule has 0 amide bonds. The summed E-state index contributed by atoms with van der Waals surface area (Å²) in [6.45, 7) is 2.41. The quantitative estimate of drug-likeness (QED) is 0.657. The van der Waals surface area contributed by atoms with Crippen LogP contribution < -0.4 is 0 Å². The van der Waals surface area contributed by atoms with Crippen LogP contribution in [0.3, 0.4) is 0 Å². The normalized spacial score (nSPS) is 29.9. The van der Waals surface area contributed by atoms with E-state index >= 15 is 0 Å². The number of sulfonamides is 1. The van der Waals surface area contributed by atoms with Gasteiger partial charge in [0.2, 0.25) is 10.0 Å². The van der Waals surface area contributed by atoms with Gasteiger partial charge in [-0.2, -0.15) is 4.31 Å². The minimum Gasteiger partial charge on any atom is -0.468 e. The second kappa shape index (κ2) is 7.84. The van der Waals surface area contributed by atoms with Crippen molar-refractivity contribution in [3.8, 4) is 0 Å².